The number of aliphatic hydroxyl groups is 1. The van der Waals surface area contributed by atoms with Gasteiger partial charge in [-0.15, -0.1) is 0 Å². The van der Waals surface area contributed by atoms with Gasteiger partial charge in [-0.05, 0) is 84.9 Å². The number of urea groups is 1. The number of carbonyl (C=O) groups is 1. The van der Waals surface area contributed by atoms with Crippen LogP contribution in [0.2, 0.25) is 0 Å². The van der Waals surface area contributed by atoms with Gasteiger partial charge in [0.2, 0.25) is 0 Å². The molecule has 2 fully saturated rings. The molecule has 7 heteroatoms. The molecule has 3 aliphatic carbocycles. The van der Waals surface area contributed by atoms with Gasteiger partial charge in [0.05, 0.1) is 30.2 Å². The number of halogens is 1. The van der Waals surface area contributed by atoms with Gasteiger partial charge in [-0.3, -0.25) is 0 Å². The minimum atomic E-state index is -0.260. The quantitative estimate of drug-likeness (QED) is 0.361. The number of rotatable bonds is 7. The number of amides is 2. The summed E-state index contributed by atoms with van der Waals surface area (Å²) in [6.45, 7) is 2.66. The molecule has 1 unspecified atom stereocenters. The second-order valence-corrected chi connectivity index (χ2v) is 11.9. The van der Waals surface area contributed by atoms with Crippen LogP contribution in [0.4, 0.5) is 9.18 Å². The van der Waals surface area contributed by atoms with Crippen molar-refractivity contribution in [1.82, 2.24) is 20.0 Å². The molecule has 0 spiro atoms. The van der Waals surface area contributed by atoms with Crippen LogP contribution >= 0.6 is 0 Å². The largest absolute Gasteiger partial charge is 0.395 e. The van der Waals surface area contributed by atoms with Crippen LogP contribution in [-0.4, -0.2) is 45.0 Å². The maximum Gasteiger partial charge on any atom is 0.318 e. The number of aromatic nitrogens is 2. The lowest BCUT2D eigenvalue weighted by Crippen LogP contribution is -2.51. The summed E-state index contributed by atoms with van der Waals surface area (Å²) in [4.78, 5) is 15.8. The Kier molecular flexibility index (Phi) is 7.49. The Hall–Kier alpha value is -3.45. The molecule has 1 heterocycles. The summed E-state index contributed by atoms with van der Waals surface area (Å²) in [7, 11) is 0. The van der Waals surface area contributed by atoms with Crippen LogP contribution in [0.5, 0.6) is 0 Å². The van der Waals surface area contributed by atoms with Crippen LogP contribution in [0, 0.1) is 17.2 Å². The molecule has 2 saturated carbocycles. The first-order valence-electron chi connectivity index (χ1n) is 14.7. The zero-order valence-electron chi connectivity index (χ0n) is 23.2. The van der Waals surface area contributed by atoms with Gasteiger partial charge in [-0.1, -0.05) is 62.1 Å². The van der Waals surface area contributed by atoms with Crippen LogP contribution in [0.1, 0.15) is 74.7 Å². The van der Waals surface area contributed by atoms with Crippen molar-refractivity contribution >= 4 is 12.1 Å². The van der Waals surface area contributed by atoms with Gasteiger partial charge in [-0.2, -0.15) is 5.10 Å². The smallest absolute Gasteiger partial charge is 0.318 e. The molecular weight excluding hydrogens is 503 g/mol. The van der Waals surface area contributed by atoms with E-state index in [1.54, 1.807) is 12.1 Å². The molecule has 3 atom stereocenters. The minimum Gasteiger partial charge on any atom is -0.395 e. The summed E-state index contributed by atoms with van der Waals surface area (Å²) in [5.41, 5.74) is 5.44. The predicted molar refractivity (Wildman–Crippen MR) is 154 cm³/mol. The Labute approximate surface area is 235 Å². The average Bonchev–Trinajstić information content (AvgIpc) is 3.53. The first-order chi connectivity index (χ1) is 19.5. The fourth-order valence-electron chi connectivity index (χ4n) is 7.44. The zero-order valence-corrected chi connectivity index (χ0v) is 23.2. The average molecular weight is 543 g/mol. The predicted octanol–water partition coefficient (Wildman–Crippen LogP) is 6.45. The third kappa shape index (κ3) is 4.96. The van der Waals surface area contributed by atoms with Gasteiger partial charge in [0.15, 0.2) is 0 Å². The van der Waals surface area contributed by atoms with Gasteiger partial charge in [0.1, 0.15) is 5.82 Å². The van der Waals surface area contributed by atoms with E-state index in [-0.39, 0.29) is 41.9 Å². The number of nitrogens with one attached hydrogen (secondary N) is 1. The highest BCUT2D eigenvalue weighted by Crippen LogP contribution is 2.57. The second kappa shape index (κ2) is 11.2. The number of fused-ring (bicyclic) bond motifs is 2. The van der Waals surface area contributed by atoms with E-state index >= 15 is 0 Å². The van der Waals surface area contributed by atoms with Crippen molar-refractivity contribution in [2.75, 3.05) is 13.2 Å². The third-order valence-corrected chi connectivity index (χ3v) is 9.56. The summed E-state index contributed by atoms with van der Waals surface area (Å²) in [5.74, 6) is -0.0564. The molecule has 6 nitrogen and oxygen atoms in total. The van der Waals surface area contributed by atoms with Gasteiger partial charge >= 0.3 is 6.03 Å². The Morgan fingerprint density at radius 3 is 2.60 bits per heavy atom. The molecule has 2 N–H and O–H groups in total. The summed E-state index contributed by atoms with van der Waals surface area (Å²) < 4.78 is 15.5. The summed E-state index contributed by atoms with van der Waals surface area (Å²) in [6, 6.07) is 16.8. The molecule has 3 aromatic rings. The van der Waals surface area contributed by atoms with E-state index in [1.165, 1.54) is 29.7 Å². The van der Waals surface area contributed by atoms with Gasteiger partial charge in [0, 0.05) is 12.6 Å². The minimum absolute atomic E-state index is 0.0330. The fourth-order valence-corrected chi connectivity index (χ4v) is 7.44. The highest BCUT2D eigenvalue weighted by molar-refractivity contribution is 5.75. The molecule has 0 saturated heterocycles. The lowest BCUT2D eigenvalue weighted by Gasteiger charge is -2.42. The van der Waals surface area contributed by atoms with Gasteiger partial charge < -0.3 is 15.3 Å². The first kappa shape index (κ1) is 26.8. The van der Waals surface area contributed by atoms with E-state index in [0.29, 0.717) is 6.54 Å². The van der Waals surface area contributed by atoms with Crippen molar-refractivity contribution in [3.63, 3.8) is 0 Å². The fraction of sp³-hybridized carbons (Fsp3) is 0.455. The lowest BCUT2D eigenvalue weighted by molar-refractivity contribution is 0.124. The summed E-state index contributed by atoms with van der Waals surface area (Å²) >= 11 is 0. The molecule has 6 rings (SSSR count). The molecule has 0 aliphatic heterocycles. The topological polar surface area (TPSA) is 70.4 Å². The molecule has 2 amide bonds. The van der Waals surface area contributed by atoms with Crippen molar-refractivity contribution in [1.29, 1.82) is 0 Å². The summed E-state index contributed by atoms with van der Waals surface area (Å²) in [6.07, 6.45) is 12.5. The standard InChI is InChI=1S/C33H39FN4O2/c1-33-21-24-22-35-38(28-15-13-26(34)14-16-28)30(24)20-25(33)12-17-29(33)31(23-8-4-2-5-9-23)36-32(40)37(18-19-39)27-10-6-3-7-11-27/h2,4-5,8-9,13-16,20,22,27,29,31,39H,3,6-7,10-12,17-19,21H2,1H3,(H,36,40)/t29-,31?,33+/m1/s1. The van der Waals surface area contributed by atoms with Gasteiger partial charge in [-0.25, -0.2) is 13.9 Å². The van der Waals surface area contributed by atoms with E-state index in [0.717, 1.165) is 61.9 Å². The number of carbonyl (C=O) groups excluding carboxylic acids is 1. The molecule has 3 aliphatic rings. The maximum atomic E-state index is 13.9. The van der Waals surface area contributed by atoms with Crippen LogP contribution in [0.25, 0.3) is 11.8 Å². The molecule has 0 radical (unpaired) electrons. The molecule has 40 heavy (non-hydrogen) atoms. The Morgan fingerprint density at radius 2 is 1.88 bits per heavy atom. The number of benzene rings is 2. The normalized spacial score (nSPS) is 23.2. The Bertz CT molecular complexity index is 1360. The van der Waals surface area contributed by atoms with Crippen molar-refractivity contribution < 1.29 is 14.3 Å². The number of hydrogen-bond acceptors (Lipinski definition) is 3. The Balaban J connectivity index is 1.31. The first-order valence-corrected chi connectivity index (χ1v) is 14.7. The molecule has 0 bridgehead atoms. The van der Waals surface area contributed by atoms with Crippen molar-refractivity contribution in [3.05, 3.63) is 89.0 Å². The van der Waals surface area contributed by atoms with E-state index < -0.39 is 0 Å². The van der Waals surface area contributed by atoms with Gasteiger partial charge in [0.25, 0.3) is 0 Å². The number of aliphatic hydroxyl groups excluding tert-OH is 1. The van der Waals surface area contributed by atoms with Crippen molar-refractivity contribution in [2.24, 2.45) is 11.3 Å². The second-order valence-electron chi connectivity index (χ2n) is 11.9. The molecule has 210 valence electrons. The van der Waals surface area contributed by atoms with E-state index in [1.807, 2.05) is 34.0 Å². The highest BCUT2D eigenvalue weighted by Gasteiger charge is 2.49. The summed E-state index contributed by atoms with van der Waals surface area (Å²) in [5, 5.41) is 18.0. The lowest BCUT2D eigenvalue weighted by atomic mass is 9.66. The van der Waals surface area contributed by atoms with Crippen LogP contribution in [-0.2, 0) is 6.42 Å². The number of nitrogens with zero attached hydrogens (tertiary/aromatic N) is 3. The third-order valence-electron chi connectivity index (χ3n) is 9.56. The van der Waals surface area contributed by atoms with Crippen LogP contribution in [0.3, 0.4) is 0 Å². The SMILES string of the molecule is C[C@]12Cc3cnn(-c4ccc(F)cc4)c3C=C1CC[C@@H]2C(NC(=O)N(CCO)C1CCCCC1)c1ccccc1. The molecule has 1 aromatic heterocycles. The Morgan fingerprint density at radius 1 is 1.12 bits per heavy atom. The molecule has 2 aromatic carbocycles. The van der Waals surface area contributed by atoms with Crippen LogP contribution in [0.15, 0.2) is 66.4 Å². The van der Waals surface area contributed by atoms with E-state index in [9.17, 15) is 14.3 Å². The maximum absolute atomic E-state index is 13.9. The van der Waals surface area contributed by atoms with Crippen LogP contribution < -0.4 is 5.32 Å². The number of allylic oxidation sites excluding steroid dienone is 1. The van der Waals surface area contributed by atoms with E-state index in [4.69, 9.17) is 0 Å². The zero-order chi connectivity index (χ0) is 27.7. The van der Waals surface area contributed by atoms with Crippen molar-refractivity contribution in [3.8, 4) is 5.69 Å². The molecular formula is C33H39FN4O2. The van der Waals surface area contributed by atoms with E-state index in [2.05, 4.69) is 35.5 Å². The monoisotopic (exact) mass is 542 g/mol. The highest BCUT2D eigenvalue weighted by atomic mass is 19.1. The van der Waals surface area contributed by atoms with Crippen molar-refractivity contribution in [2.45, 2.75) is 70.4 Å². The number of hydrogen-bond donors (Lipinski definition) is 2.